The van der Waals surface area contributed by atoms with Crippen LogP contribution in [0.4, 0.5) is 0 Å². The molecule has 0 unspecified atom stereocenters. The highest BCUT2D eigenvalue weighted by atomic mass is 32.2. The monoisotopic (exact) mass is 400 g/mol. The zero-order chi connectivity index (χ0) is 20.2. The Balaban J connectivity index is 1.58. The summed E-state index contributed by atoms with van der Waals surface area (Å²) in [6.07, 6.45) is 0. The van der Waals surface area contributed by atoms with Gasteiger partial charge in [-0.3, -0.25) is 9.59 Å². The topological polar surface area (TPSA) is 116 Å². The zero-order valence-corrected chi connectivity index (χ0v) is 16.3. The number of aromatic nitrogens is 1. The van der Waals surface area contributed by atoms with Crippen LogP contribution in [-0.4, -0.2) is 50.0 Å². The first-order valence-electron chi connectivity index (χ1n) is 8.76. The number of carbonyl (C=O) groups excluding carboxylic acids is 3. The molecule has 0 saturated carbocycles. The van der Waals surface area contributed by atoms with Gasteiger partial charge in [0.2, 0.25) is 5.91 Å². The van der Waals surface area contributed by atoms with Crippen LogP contribution in [0.1, 0.15) is 30.0 Å². The Morgan fingerprint density at radius 2 is 1.96 bits per heavy atom. The summed E-state index contributed by atoms with van der Waals surface area (Å²) >= 11 is 1.34. The van der Waals surface area contributed by atoms with Gasteiger partial charge in [-0.2, -0.15) is 0 Å². The lowest BCUT2D eigenvalue weighted by molar-refractivity contribution is -0.312. The van der Waals surface area contributed by atoms with Gasteiger partial charge in [0.1, 0.15) is 28.4 Å². The van der Waals surface area contributed by atoms with Gasteiger partial charge in [-0.15, -0.1) is 11.8 Å². The van der Waals surface area contributed by atoms with E-state index in [0.717, 1.165) is 5.56 Å². The molecule has 2 amide bonds. The molecular weight excluding hydrogens is 382 g/mol. The van der Waals surface area contributed by atoms with E-state index in [1.807, 2.05) is 30.3 Å². The molecule has 146 valence electrons. The third kappa shape index (κ3) is 2.69. The number of hydrogen-bond acceptors (Lipinski definition) is 7. The summed E-state index contributed by atoms with van der Waals surface area (Å²) in [6.45, 7) is 5.13. The Bertz CT molecular complexity index is 971. The van der Waals surface area contributed by atoms with Gasteiger partial charge in [0.05, 0.1) is 12.0 Å². The van der Waals surface area contributed by atoms with Gasteiger partial charge in [0, 0.05) is 10.3 Å². The predicted octanol–water partition coefficient (Wildman–Crippen LogP) is 0.561. The molecule has 0 aliphatic carbocycles. The summed E-state index contributed by atoms with van der Waals surface area (Å²) in [5.41, 5.74) is 1.38. The number of aryl methyl sites for hydroxylation is 1. The van der Waals surface area contributed by atoms with Crippen LogP contribution in [0, 0.1) is 6.92 Å². The van der Waals surface area contributed by atoms with Crippen LogP contribution in [0.15, 0.2) is 34.9 Å². The van der Waals surface area contributed by atoms with Gasteiger partial charge in [-0.1, -0.05) is 35.5 Å². The smallest absolute Gasteiger partial charge is 0.257 e. The molecule has 1 aromatic carbocycles. The fourth-order valence-corrected chi connectivity index (χ4v) is 5.39. The van der Waals surface area contributed by atoms with Crippen molar-refractivity contribution in [2.45, 2.75) is 43.0 Å². The number of benzene rings is 1. The van der Waals surface area contributed by atoms with E-state index in [1.165, 1.54) is 16.7 Å². The van der Waals surface area contributed by atoms with Crippen LogP contribution >= 0.6 is 11.8 Å². The molecule has 2 aliphatic heterocycles. The molecule has 8 nitrogen and oxygen atoms in total. The van der Waals surface area contributed by atoms with Crippen molar-refractivity contribution in [3.05, 3.63) is 41.7 Å². The number of β-lactam (4-membered cyclic amide) rings is 1. The van der Waals surface area contributed by atoms with E-state index in [2.05, 4.69) is 10.5 Å². The normalized spacial score (nSPS) is 25.2. The maximum atomic E-state index is 12.9. The summed E-state index contributed by atoms with van der Waals surface area (Å²) < 4.78 is 4.49. The number of nitrogens with zero attached hydrogens (tertiary/aromatic N) is 2. The quantitative estimate of drug-likeness (QED) is 0.746. The lowest BCUT2D eigenvalue weighted by atomic mass is 9.95. The van der Waals surface area contributed by atoms with Crippen molar-refractivity contribution in [2.24, 2.45) is 0 Å². The second-order valence-electron chi connectivity index (χ2n) is 7.36. The molecule has 2 saturated heterocycles. The number of nitrogens with one attached hydrogen (secondary N) is 1. The first-order valence-corrected chi connectivity index (χ1v) is 9.64. The van der Waals surface area contributed by atoms with Crippen molar-refractivity contribution in [1.29, 1.82) is 0 Å². The number of carbonyl (C=O) groups is 3. The highest BCUT2D eigenvalue weighted by Crippen LogP contribution is 2.50. The standard InChI is InChI=1S/C19H19N3O5S/c1-9-11(12(21-27-9)10-7-5-4-6-8-10)15(23)20-13-16(24)22-14(18(25)26)19(2,3)28-17(13)22/h4-8,13-14,17H,1-3H3,(H,20,23)(H,25,26)/p-1/t13-,14-,17+/m1/s1. The van der Waals surface area contributed by atoms with Crippen LogP contribution in [-0.2, 0) is 9.59 Å². The van der Waals surface area contributed by atoms with Gasteiger partial charge < -0.3 is 24.6 Å². The summed E-state index contributed by atoms with van der Waals surface area (Å²) in [6, 6.07) is 7.29. The van der Waals surface area contributed by atoms with Gasteiger partial charge in [0.25, 0.3) is 5.91 Å². The number of rotatable bonds is 4. The molecule has 2 aliphatic rings. The van der Waals surface area contributed by atoms with E-state index in [9.17, 15) is 19.5 Å². The minimum atomic E-state index is -1.29. The molecular formula is C19H18N3O5S-. The Kier molecular flexibility index (Phi) is 4.22. The van der Waals surface area contributed by atoms with Crippen molar-refractivity contribution in [3.63, 3.8) is 0 Å². The van der Waals surface area contributed by atoms with Gasteiger partial charge in [-0.05, 0) is 20.8 Å². The number of amides is 2. The van der Waals surface area contributed by atoms with Crippen molar-refractivity contribution in [2.75, 3.05) is 0 Å². The van der Waals surface area contributed by atoms with E-state index in [0.29, 0.717) is 11.5 Å². The molecule has 2 aromatic rings. The number of hydrogen-bond donors (Lipinski definition) is 1. The van der Waals surface area contributed by atoms with Crippen LogP contribution in [0.25, 0.3) is 11.3 Å². The number of thioether (sulfide) groups is 1. The molecule has 1 N–H and O–H groups in total. The lowest BCUT2D eigenvalue weighted by Crippen LogP contribution is -2.71. The predicted molar refractivity (Wildman–Crippen MR) is 99.0 cm³/mol. The first-order chi connectivity index (χ1) is 13.2. The Hall–Kier alpha value is -2.81. The number of fused-ring (bicyclic) bond motifs is 1. The first kappa shape index (κ1) is 18.5. The lowest BCUT2D eigenvalue weighted by Gasteiger charge is -2.45. The fraction of sp³-hybridized carbons (Fsp3) is 0.368. The highest BCUT2D eigenvalue weighted by Gasteiger charge is 2.62. The minimum absolute atomic E-state index is 0.260. The van der Waals surface area contributed by atoms with Crippen LogP contribution in [0.2, 0.25) is 0 Å². The number of carboxylic acids is 1. The molecule has 9 heteroatoms. The molecule has 0 bridgehead atoms. The SMILES string of the molecule is Cc1onc(-c2ccccc2)c1C(=O)N[C@@H]1C(=O)N2[C@H]1SC(C)(C)[C@H]2C(=O)[O-]. The average molecular weight is 400 g/mol. The van der Waals surface area contributed by atoms with Crippen molar-refractivity contribution in [3.8, 4) is 11.3 Å². The van der Waals surface area contributed by atoms with Crippen molar-refractivity contribution < 1.29 is 24.0 Å². The Morgan fingerprint density at radius 1 is 1.29 bits per heavy atom. The highest BCUT2D eigenvalue weighted by molar-refractivity contribution is 8.01. The molecule has 0 radical (unpaired) electrons. The average Bonchev–Trinajstić information content (AvgIpc) is 3.15. The van der Waals surface area contributed by atoms with Gasteiger partial charge >= 0.3 is 0 Å². The van der Waals surface area contributed by atoms with E-state index in [1.54, 1.807) is 20.8 Å². The summed E-state index contributed by atoms with van der Waals surface area (Å²) in [5.74, 6) is -1.86. The maximum absolute atomic E-state index is 12.9. The second kappa shape index (κ2) is 6.37. The maximum Gasteiger partial charge on any atom is 0.257 e. The summed E-state index contributed by atoms with van der Waals surface area (Å²) in [4.78, 5) is 38.2. The molecule has 1 aromatic heterocycles. The van der Waals surface area contributed by atoms with E-state index in [4.69, 9.17) is 4.52 Å². The largest absolute Gasteiger partial charge is 0.548 e. The second-order valence-corrected chi connectivity index (χ2v) is 9.13. The fourth-order valence-electron chi connectivity index (χ4n) is 3.77. The van der Waals surface area contributed by atoms with Crippen molar-refractivity contribution >= 4 is 29.5 Å². The van der Waals surface area contributed by atoms with Crippen molar-refractivity contribution in [1.82, 2.24) is 15.4 Å². The number of carboxylic acid groups (broad SMARTS) is 1. The molecule has 28 heavy (non-hydrogen) atoms. The molecule has 0 spiro atoms. The van der Waals surface area contributed by atoms with E-state index in [-0.39, 0.29) is 5.56 Å². The van der Waals surface area contributed by atoms with Crippen LogP contribution < -0.4 is 10.4 Å². The molecule has 3 heterocycles. The van der Waals surface area contributed by atoms with Gasteiger partial charge in [-0.25, -0.2) is 0 Å². The van der Waals surface area contributed by atoms with Crippen LogP contribution in [0.5, 0.6) is 0 Å². The van der Waals surface area contributed by atoms with Crippen LogP contribution in [0.3, 0.4) is 0 Å². The molecule has 4 rings (SSSR count). The minimum Gasteiger partial charge on any atom is -0.548 e. The molecule has 2 fully saturated rings. The third-order valence-corrected chi connectivity index (χ3v) is 6.66. The van der Waals surface area contributed by atoms with Gasteiger partial charge in [0.15, 0.2) is 0 Å². The number of aliphatic carboxylic acids is 1. The Labute approximate surface area is 165 Å². The van der Waals surface area contributed by atoms with E-state index < -0.39 is 40.0 Å². The van der Waals surface area contributed by atoms with E-state index >= 15 is 0 Å². The Morgan fingerprint density at radius 3 is 2.61 bits per heavy atom. The third-order valence-electron chi connectivity index (χ3n) is 5.09. The summed E-state index contributed by atoms with van der Waals surface area (Å²) in [7, 11) is 0. The summed E-state index contributed by atoms with van der Waals surface area (Å²) in [5, 5.41) is 17.7. The zero-order valence-electron chi connectivity index (χ0n) is 15.5. The molecule has 3 atom stereocenters.